The maximum Gasteiger partial charge on any atom is 0.234 e. The summed E-state index contributed by atoms with van der Waals surface area (Å²) >= 11 is 0. The van der Waals surface area contributed by atoms with E-state index in [9.17, 15) is 0 Å². The summed E-state index contributed by atoms with van der Waals surface area (Å²) in [6.07, 6.45) is 1.66. The van der Waals surface area contributed by atoms with E-state index in [2.05, 4.69) is 4.99 Å². The molecule has 15 heavy (non-hydrogen) atoms. The van der Waals surface area contributed by atoms with Gasteiger partial charge in [-0.2, -0.15) is 0 Å². The van der Waals surface area contributed by atoms with Crippen molar-refractivity contribution in [3.05, 3.63) is 29.3 Å². The molecule has 0 radical (unpaired) electrons. The molecular formula is C11H14N2O2. The molecule has 1 aromatic rings. The third kappa shape index (κ3) is 1.38. The smallest absolute Gasteiger partial charge is 0.234 e. The third-order valence-corrected chi connectivity index (χ3v) is 2.68. The van der Waals surface area contributed by atoms with E-state index in [0.29, 0.717) is 6.54 Å². The molecule has 1 heterocycles. The van der Waals surface area contributed by atoms with Gasteiger partial charge in [-0.3, -0.25) is 4.99 Å². The molecule has 0 unspecified atom stereocenters. The Morgan fingerprint density at radius 3 is 2.67 bits per heavy atom. The van der Waals surface area contributed by atoms with Crippen molar-refractivity contribution in [2.24, 2.45) is 10.7 Å². The number of ether oxygens (including phenoxy) is 2. The highest BCUT2D eigenvalue weighted by Crippen LogP contribution is 2.40. The van der Waals surface area contributed by atoms with Crippen molar-refractivity contribution in [2.75, 3.05) is 14.2 Å². The lowest BCUT2D eigenvalue weighted by Crippen LogP contribution is -2.31. The first-order valence-electron chi connectivity index (χ1n) is 4.75. The lowest BCUT2D eigenvalue weighted by atomic mass is 10.00. The van der Waals surface area contributed by atoms with Crippen LogP contribution in [0.25, 0.3) is 0 Å². The lowest BCUT2D eigenvalue weighted by molar-refractivity contribution is -0.155. The second-order valence-corrected chi connectivity index (χ2v) is 3.35. The van der Waals surface area contributed by atoms with E-state index in [4.69, 9.17) is 15.2 Å². The zero-order valence-corrected chi connectivity index (χ0v) is 8.86. The van der Waals surface area contributed by atoms with Crippen LogP contribution in [-0.4, -0.2) is 20.4 Å². The average Bonchev–Trinajstić information content (AvgIpc) is 2.68. The van der Waals surface area contributed by atoms with E-state index < -0.39 is 5.79 Å². The lowest BCUT2D eigenvalue weighted by Gasteiger charge is -2.25. The van der Waals surface area contributed by atoms with E-state index >= 15 is 0 Å². The van der Waals surface area contributed by atoms with Crippen LogP contribution in [0.1, 0.15) is 11.1 Å². The maximum atomic E-state index is 5.69. The first-order chi connectivity index (χ1) is 7.27. The average molecular weight is 206 g/mol. The topological polar surface area (TPSA) is 56.8 Å². The van der Waals surface area contributed by atoms with Crippen molar-refractivity contribution in [1.82, 2.24) is 0 Å². The van der Waals surface area contributed by atoms with Crippen molar-refractivity contribution in [3.8, 4) is 0 Å². The fraction of sp³-hybridized carbons (Fsp3) is 0.364. The van der Waals surface area contributed by atoms with Crippen molar-refractivity contribution >= 4 is 11.9 Å². The van der Waals surface area contributed by atoms with Crippen molar-refractivity contribution < 1.29 is 9.47 Å². The zero-order chi connectivity index (χ0) is 10.9. The molecule has 0 saturated heterocycles. The van der Waals surface area contributed by atoms with Crippen LogP contribution in [0.5, 0.6) is 0 Å². The molecule has 0 fully saturated rings. The van der Waals surface area contributed by atoms with E-state index in [0.717, 1.165) is 16.8 Å². The summed E-state index contributed by atoms with van der Waals surface area (Å²) in [5.74, 6) is -0.870. The van der Waals surface area contributed by atoms with Gasteiger partial charge in [0.05, 0.1) is 11.9 Å². The van der Waals surface area contributed by atoms with Crippen molar-refractivity contribution in [2.45, 2.75) is 12.3 Å². The van der Waals surface area contributed by atoms with Gasteiger partial charge >= 0.3 is 0 Å². The highest BCUT2D eigenvalue weighted by atomic mass is 16.7. The summed E-state index contributed by atoms with van der Waals surface area (Å²) in [5.41, 5.74) is 8.46. The molecule has 0 atom stereocenters. The van der Waals surface area contributed by atoms with Crippen LogP contribution in [0.4, 0.5) is 5.69 Å². The van der Waals surface area contributed by atoms with E-state index in [1.54, 1.807) is 20.4 Å². The van der Waals surface area contributed by atoms with Gasteiger partial charge in [-0.05, 0) is 11.6 Å². The minimum Gasteiger partial charge on any atom is -0.345 e. The van der Waals surface area contributed by atoms with Gasteiger partial charge in [0.1, 0.15) is 0 Å². The first-order valence-corrected chi connectivity index (χ1v) is 4.75. The summed E-state index contributed by atoms with van der Waals surface area (Å²) in [5, 5.41) is 0. The Balaban J connectivity index is 2.60. The summed E-state index contributed by atoms with van der Waals surface area (Å²) in [7, 11) is 3.19. The largest absolute Gasteiger partial charge is 0.345 e. The van der Waals surface area contributed by atoms with E-state index in [-0.39, 0.29) is 0 Å². The monoisotopic (exact) mass is 206 g/mol. The molecule has 4 heteroatoms. The van der Waals surface area contributed by atoms with Gasteiger partial charge < -0.3 is 15.2 Å². The van der Waals surface area contributed by atoms with E-state index in [1.165, 1.54) is 0 Å². The maximum absolute atomic E-state index is 5.69. The van der Waals surface area contributed by atoms with Gasteiger partial charge in [0.15, 0.2) is 0 Å². The Kier molecular flexibility index (Phi) is 2.56. The second-order valence-electron chi connectivity index (χ2n) is 3.35. The summed E-state index contributed by atoms with van der Waals surface area (Å²) < 4.78 is 10.8. The Morgan fingerprint density at radius 1 is 1.33 bits per heavy atom. The number of rotatable bonds is 3. The number of hydrogen-bond donors (Lipinski definition) is 1. The second kappa shape index (κ2) is 3.73. The number of benzene rings is 1. The fourth-order valence-electron chi connectivity index (χ4n) is 1.88. The number of nitrogens with zero attached hydrogens (tertiary/aromatic N) is 1. The van der Waals surface area contributed by atoms with Crippen LogP contribution in [0.3, 0.4) is 0 Å². The normalized spacial score (nSPS) is 16.7. The standard InChI is InChI=1S/C11H14N2O2/c1-14-11(15-2)7-13-9-5-3-4-8(6-12)10(9)11/h3-5,7H,6,12H2,1-2H3. The van der Waals surface area contributed by atoms with Crippen LogP contribution in [0, 0.1) is 0 Å². The Morgan fingerprint density at radius 2 is 2.07 bits per heavy atom. The van der Waals surface area contributed by atoms with Crippen LogP contribution < -0.4 is 5.73 Å². The number of nitrogens with two attached hydrogens (primary N) is 1. The minimum absolute atomic E-state index is 0.445. The van der Waals surface area contributed by atoms with Crippen LogP contribution in [0.2, 0.25) is 0 Å². The Bertz CT molecular complexity index is 398. The predicted molar refractivity (Wildman–Crippen MR) is 58.2 cm³/mol. The SMILES string of the molecule is COC1(OC)C=Nc2cccc(CN)c21. The molecule has 1 aromatic carbocycles. The van der Waals surface area contributed by atoms with Crippen molar-refractivity contribution in [1.29, 1.82) is 0 Å². The van der Waals surface area contributed by atoms with E-state index in [1.807, 2.05) is 18.2 Å². The van der Waals surface area contributed by atoms with Gasteiger partial charge in [0.25, 0.3) is 0 Å². The predicted octanol–water partition coefficient (Wildman–Crippen LogP) is 1.31. The van der Waals surface area contributed by atoms with Gasteiger partial charge in [-0.25, -0.2) is 0 Å². The summed E-state index contributed by atoms with van der Waals surface area (Å²) in [6.45, 7) is 0.445. The molecule has 2 N–H and O–H groups in total. The summed E-state index contributed by atoms with van der Waals surface area (Å²) in [6, 6.07) is 5.81. The Labute approximate surface area is 88.7 Å². The number of fused-ring (bicyclic) bond motifs is 1. The molecule has 4 nitrogen and oxygen atoms in total. The molecule has 1 aliphatic rings. The zero-order valence-electron chi connectivity index (χ0n) is 8.86. The summed E-state index contributed by atoms with van der Waals surface area (Å²) in [4.78, 5) is 4.27. The minimum atomic E-state index is -0.870. The molecule has 0 spiro atoms. The van der Waals surface area contributed by atoms with Gasteiger partial charge in [-0.15, -0.1) is 0 Å². The third-order valence-electron chi connectivity index (χ3n) is 2.68. The molecule has 0 saturated carbocycles. The van der Waals surface area contributed by atoms with Crippen molar-refractivity contribution in [3.63, 3.8) is 0 Å². The van der Waals surface area contributed by atoms with Gasteiger partial charge in [0.2, 0.25) is 5.79 Å². The van der Waals surface area contributed by atoms with Crippen LogP contribution >= 0.6 is 0 Å². The van der Waals surface area contributed by atoms with Crippen LogP contribution in [-0.2, 0) is 21.8 Å². The molecular weight excluding hydrogens is 192 g/mol. The van der Waals surface area contributed by atoms with Gasteiger partial charge in [0, 0.05) is 26.3 Å². The quantitative estimate of drug-likeness (QED) is 0.758. The molecule has 2 rings (SSSR count). The fourth-order valence-corrected chi connectivity index (χ4v) is 1.88. The van der Waals surface area contributed by atoms with Crippen LogP contribution in [0.15, 0.2) is 23.2 Å². The molecule has 0 aromatic heterocycles. The number of aliphatic imine (C=N–C) groups is 1. The molecule has 1 aliphatic heterocycles. The number of hydrogen-bond acceptors (Lipinski definition) is 4. The highest BCUT2D eigenvalue weighted by Gasteiger charge is 2.38. The first kappa shape index (κ1) is 10.3. The Hall–Kier alpha value is -1.23. The highest BCUT2D eigenvalue weighted by molar-refractivity contribution is 5.83. The van der Waals surface area contributed by atoms with Gasteiger partial charge in [-0.1, -0.05) is 12.1 Å². The molecule has 0 amide bonds. The molecule has 0 bridgehead atoms. The molecule has 0 aliphatic carbocycles. The molecule has 80 valence electrons. The number of methoxy groups -OCH3 is 2.